The van der Waals surface area contributed by atoms with Gasteiger partial charge in [0.25, 0.3) is 0 Å². The third-order valence-corrected chi connectivity index (χ3v) is 9.64. The zero-order valence-corrected chi connectivity index (χ0v) is 24.9. The van der Waals surface area contributed by atoms with E-state index in [4.69, 9.17) is 9.47 Å². The second-order valence-electron chi connectivity index (χ2n) is 12.2. The maximum atomic E-state index is 13.6. The molecule has 4 aromatic carbocycles. The summed E-state index contributed by atoms with van der Waals surface area (Å²) in [6, 6.07) is 33.0. The number of anilines is 1. The molecule has 2 saturated carbocycles. The summed E-state index contributed by atoms with van der Waals surface area (Å²) in [5, 5.41) is 0. The quantitative estimate of drug-likeness (QED) is 0.122. The summed E-state index contributed by atoms with van der Waals surface area (Å²) in [5.41, 5.74) is 3.36. The molecule has 0 aromatic heterocycles. The van der Waals surface area contributed by atoms with E-state index in [2.05, 4.69) is 12.1 Å². The highest BCUT2D eigenvalue weighted by Crippen LogP contribution is 2.61. The first kappa shape index (κ1) is 28.7. The molecule has 2 amide bonds. The fourth-order valence-corrected chi connectivity index (χ4v) is 7.52. The molecule has 226 valence electrons. The molecule has 1 saturated heterocycles. The van der Waals surface area contributed by atoms with E-state index in [0.29, 0.717) is 29.5 Å². The van der Waals surface area contributed by atoms with Crippen molar-refractivity contribution in [3.63, 3.8) is 0 Å². The molecule has 1 heterocycles. The van der Waals surface area contributed by atoms with E-state index in [1.165, 1.54) is 29.5 Å². The Bertz CT molecular complexity index is 1730. The molecule has 7 rings (SSSR count). The van der Waals surface area contributed by atoms with Gasteiger partial charge in [-0.2, -0.15) is 0 Å². The van der Waals surface area contributed by atoms with E-state index >= 15 is 0 Å². The highest BCUT2D eigenvalue weighted by atomic mass is 16.5. The highest BCUT2D eigenvalue weighted by molar-refractivity contribution is 6.22. The van der Waals surface area contributed by atoms with Crippen LogP contribution in [0.4, 0.5) is 5.69 Å². The van der Waals surface area contributed by atoms with Crippen LogP contribution in [0.3, 0.4) is 0 Å². The van der Waals surface area contributed by atoms with Crippen LogP contribution in [-0.4, -0.2) is 29.7 Å². The number of nitrogens with zero attached hydrogens (tertiary/aromatic N) is 1. The van der Waals surface area contributed by atoms with Gasteiger partial charge >= 0.3 is 5.97 Å². The second kappa shape index (κ2) is 11.8. The van der Waals surface area contributed by atoms with Crippen LogP contribution in [0, 0.1) is 23.7 Å². The van der Waals surface area contributed by atoms with Crippen molar-refractivity contribution < 1.29 is 28.7 Å². The lowest BCUT2D eigenvalue weighted by atomic mass is 9.73. The summed E-state index contributed by atoms with van der Waals surface area (Å²) < 4.78 is 11.3. The summed E-state index contributed by atoms with van der Waals surface area (Å²) in [7, 11) is 0. The lowest BCUT2D eigenvalue weighted by Gasteiger charge is -2.28. The van der Waals surface area contributed by atoms with Crippen LogP contribution in [-0.2, 0) is 20.9 Å². The van der Waals surface area contributed by atoms with Gasteiger partial charge in [0.15, 0.2) is 6.10 Å². The van der Waals surface area contributed by atoms with Gasteiger partial charge in [0, 0.05) is 5.56 Å². The Balaban J connectivity index is 0.969. The molecular formula is C38H33NO6. The van der Waals surface area contributed by atoms with Crippen LogP contribution in [0.1, 0.15) is 57.5 Å². The molecule has 2 aliphatic carbocycles. The summed E-state index contributed by atoms with van der Waals surface area (Å²) >= 11 is 0. The minimum absolute atomic E-state index is 0.143. The molecule has 0 radical (unpaired) electrons. The predicted molar refractivity (Wildman–Crippen MR) is 168 cm³/mol. The van der Waals surface area contributed by atoms with E-state index in [9.17, 15) is 19.2 Å². The van der Waals surface area contributed by atoms with Gasteiger partial charge in [-0.25, -0.2) is 4.79 Å². The van der Waals surface area contributed by atoms with E-state index in [0.717, 1.165) is 18.4 Å². The van der Waals surface area contributed by atoms with Crippen molar-refractivity contribution in [1.29, 1.82) is 0 Å². The maximum absolute atomic E-state index is 13.6. The van der Waals surface area contributed by atoms with E-state index in [1.807, 2.05) is 48.5 Å². The number of ketones is 1. The number of rotatable bonds is 9. The van der Waals surface area contributed by atoms with Crippen LogP contribution in [0.5, 0.6) is 5.75 Å². The number of carbonyl (C=O) groups excluding carboxylic acids is 4. The van der Waals surface area contributed by atoms with E-state index in [1.54, 1.807) is 36.4 Å². The summed E-state index contributed by atoms with van der Waals surface area (Å²) in [6.45, 7) is 1.95. The third-order valence-electron chi connectivity index (χ3n) is 9.64. The average Bonchev–Trinajstić information content (AvgIpc) is 3.75. The van der Waals surface area contributed by atoms with Crippen molar-refractivity contribution >= 4 is 29.3 Å². The van der Waals surface area contributed by atoms with Crippen LogP contribution >= 0.6 is 0 Å². The van der Waals surface area contributed by atoms with Gasteiger partial charge in [-0.05, 0) is 97.2 Å². The van der Waals surface area contributed by atoms with Gasteiger partial charge in [0.2, 0.25) is 17.6 Å². The maximum Gasteiger partial charge on any atom is 0.338 e. The minimum Gasteiger partial charge on any atom is -0.489 e. The second-order valence-corrected chi connectivity index (χ2v) is 12.2. The SMILES string of the molecule is C[C@H](OC(=O)c1ccc(N2C(=O)[C@@H]3[C@@H]4C[C@@H]([C@@H]3C2=O)[C@H](c2ccccc2)C4)cc1)C(=O)c1ccc(OCc2ccccc2)cc1. The van der Waals surface area contributed by atoms with Gasteiger partial charge in [0.1, 0.15) is 12.4 Å². The van der Waals surface area contributed by atoms with Gasteiger partial charge in [-0.3, -0.25) is 19.3 Å². The van der Waals surface area contributed by atoms with Gasteiger partial charge in [-0.15, -0.1) is 0 Å². The van der Waals surface area contributed by atoms with Crippen molar-refractivity contribution in [3.05, 3.63) is 131 Å². The number of ether oxygens (including phenoxy) is 2. The average molecular weight is 600 g/mol. The smallest absolute Gasteiger partial charge is 0.338 e. The number of fused-ring (bicyclic) bond motifs is 5. The van der Waals surface area contributed by atoms with Crippen LogP contribution in [0.2, 0.25) is 0 Å². The fourth-order valence-electron chi connectivity index (χ4n) is 7.52. The Morgan fingerprint density at radius 2 is 1.38 bits per heavy atom. The first-order valence-electron chi connectivity index (χ1n) is 15.4. The fraction of sp³-hybridized carbons (Fsp3) is 0.263. The standard InChI is InChI=1S/C38H33NO6/c1-23(35(40)26-14-18-30(19-15-26)44-22-24-8-4-2-5-9-24)45-38(43)27-12-16-29(17-13-27)39-36(41)33-28-20-31(25-10-6-3-7-11-25)32(21-28)34(33)37(39)42/h2-19,23,28,31-34H,20-22H2,1H3/t23-,28-,31-,32+,33+,34-/m0/s1. The van der Waals surface area contributed by atoms with Crippen molar-refractivity contribution in [1.82, 2.24) is 0 Å². The molecule has 3 aliphatic rings. The molecule has 1 aliphatic heterocycles. The van der Waals surface area contributed by atoms with Gasteiger partial charge in [-0.1, -0.05) is 60.7 Å². The van der Waals surface area contributed by atoms with Crippen molar-refractivity contribution in [3.8, 4) is 5.75 Å². The highest BCUT2D eigenvalue weighted by Gasteiger charge is 2.64. The van der Waals surface area contributed by atoms with E-state index < -0.39 is 12.1 Å². The predicted octanol–water partition coefficient (Wildman–Crippen LogP) is 6.62. The van der Waals surface area contributed by atoms with Crippen molar-refractivity contribution in [2.75, 3.05) is 4.90 Å². The number of benzene rings is 4. The summed E-state index contributed by atoms with van der Waals surface area (Å²) in [5.74, 6) is -0.578. The zero-order valence-electron chi connectivity index (χ0n) is 24.9. The molecule has 4 aromatic rings. The molecule has 2 bridgehead atoms. The van der Waals surface area contributed by atoms with Crippen LogP contribution in [0.15, 0.2) is 109 Å². The number of hydrogen-bond acceptors (Lipinski definition) is 6. The number of amides is 2. The Morgan fingerprint density at radius 3 is 2.07 bits per heavy atom. The van der Waals surface area contributed by atoms with Gasteiger partial charge < -0.3 is 9.47 Å². The molecule has 45 heavy (non-hydrogen) atoms. The summed E-state index contributed by atoms with van der Waals surface area (Å²) in [6.07, 6.45) is 0.826. The van der Waals surface area contributed by atoms with Crippen molar-refractivity contribution in [2.24, 2.45) is 23.7 Å². The van der Waals surface area contributed by atoms with Crippen molar-refractivity contribution in [2.45, 2.75) is 38.4 Å². The topological polar surface area (TPSA) is 90.0 Å². The first-order valence-corrected chi connectivity index (χ1v) is 15.4. The Hall–Kier alpha value is -5.04. The molecule has 7 heteroatoms. The Morgan fingerprint density at radius 1 is 0.756 bits per heavy atom. The number of imide groups is 1. The molecule has 0 unspecified atom stereocenters. The number of Topliss-reactive ketones (excluding diaryl/α,β-unsaturated/α-hetero) is 1. The summed E-state index contributed by atoms with van der Waals surface area (Å²) in [4.78, 5) is 54.3. The number of esters is 1. The third kappa shape index (κ3) is 5.33. The molecule has 0 spiro atoms. The number of carbonyl (C=O) groups is 4. The lowest BCUT2D eigenvalue weighted by molar-refractivity contribution is -0.123. The van der Waals surface area contributed by atoms with E-state index in [-0.39, 0.29) is 46.8 Å². The lowest BCUT2D eigenvalue weighted by Crippen LogP contribution is -2.33. The molecule has 0 N–H and O–H groups in total. The normalized spacial score (nSPS) is 23.9. The Labute approximate surface area is 261 Å². The monoisotopic (exact) mass is 599 g/mol. The van der Waals surface area contributed by atoms with Gasteiger partial charge in [0.05, 0.1) is 23.1 Å². The minimum atomic E-state index is -1.01. The molecular weight excluding hydrogens is 566 g/mol. The largest absolute Gasteiger partial charge is 0.489 e. The zero-order chi connectivity index (χ0) is 31.1. The number of hydrogen-bond donors (Lipinski definition) is 0. The molecule has 7 nitrogen and oxygen atoms in total. The molecule has 6 atom stereocenters. The Kier molecular flexibility index (Phi) is 7.53. The van der Waals surface area contributed by atoms with Crippen LogP contribution < -0.4 is 9.64 Å². The van der Waals surface area contributed by atoms with Crippen LogP contribution in [0.25, 0.3) is 0 Å². The molecule has 3 fully saturated rings. The first-order chi connectivity index (χ1) is 21.9.